The Balaban J connectivity index is 1.35. The highest BCUT2D eigenvalue weighted by Crippen LogP contribution is 2.32. The van der Waals surface area contributed by atoms with E-state index in [1.54, 1.807) is 12.1 Å². The Hall–Kier alpha value is -9.04. The van der Waals surface area contributed by atoms with Gasteiger partial charge in [-0.15, -0.1) is 10.2 Å². The molecule has 0 spiro atoms. The second-order valence-electron chi connectivity index (χ2n) is 16.9. The van der Waals surface area contributed by atoms with Gasteiger partial charge in [-0.25, -0.2) is 0 Å². The van der Waals surface area contributed by atoms with Crippen molar-refractivity contribution in [2.75, 3.05) is 33.2 Å². The molecule has 27 nitrogen and oxygen atoms in total. The number of guanidine groups is 4. The quantitative estimate of drug-likeness (QED) is 0.0140. The van der Waals surface area contributed by atoms with Crippen LogP contribution in [0.5, 0.6) is 0 Å². The third-order valence-corrected chi connectivity index (χ3v) is 11.5. The number of hydrogen-bond donors (Lipinski definition) is 14. The Morgan fingerprint density at radius 2 is 1.01 bits per heavy atom. The zero-order valence-corrected chi connectivity index (χ0v) is 40.6. The zero-order valence-electron chi connectivity index (χ0n) is 40.6. The van der Waals surface area contributed by atoms with Crippen molar-refractivity contribution in [2.24, 2.45) is 65.8 Å². The Labute approximate surface area is 420 Å². The number of aromatic amines is 1. The molecule has 0 aliphatic rings. The molecule has 73 heavy (non-hydrogen) atoms. The minimum absolute atomic E-state index is 0.00438. The Bertz CT molecular complexity index is 2770. The van der Waals surface area contributed by atoms with Gasteiger partial charge in [0.1, 0.15) is 24.2 Å². The second-order valence-corrected chi connectivity index (χ2v) is 16.9. The van der Waals surface area contributed by atoms with Crippen molar-refractivity contribution in [3.8, 4) is 11.4 Å². The highest BCUT2D eigenvalue weighted by Gasteiger charge is 2.31. The maximum atomic E-state index is 14.3. The number of amides is 5. The van der Waals surface area contributed by atoms with Gasteiger partial charge in [0.05, 0.1) is 0 Å². The lowest BCUT2D eigenvalue weighted by molar-refractivity contribution is -0.134. The summed E-state index contributed by atoms with van der Waals surface area (Å²) >= 11 is 0. The minimum atomic E-state index is -1.27. The molecule has 5 rings (SSSR count). The van der Waals surface area contributed by atoms with Crippen LogP contribution in [0.1, 0.15) is 67.3 Å². The first kappa shape index (κ1) is 54.9. The number of tetrazole rings is 1. The monoisotopic (exact) mass is 1010 g/mol. The average molecular weight is 1010 g/mol. The highest BCUT2D eigenvalue weighted by atomic mass is 16.2. The molecular weight excluding hydrogens is 941 g/mol. The smallest absolute Gasteiger partial charge is 0.251 e. The van der Waals surface area contributed by atoms with E-state index in [1.807, 2.05) is 48.5 Å². The van der Waals surface area contributed by atoms with E-state index < -0.39 is 53.7 Å². The van der Waals surface area contributed by atoms with Crippen molar-refractivity contribution >= 4 is 75.2 Å². The molecule has 27 heteroatoms. The van der Waals surface area contributed by atoms with E-state index >= 15 is 0 Å². The van der Waals surface area contributed by atoms with E-state index in [2.05, 4.69) is 77.8 Å². The number of para-hydroxylation sites is 1. The molecule has 2 aromatic heterocycles. The fourth-order valence-electron chi connectivity index (χ4n) is 7.91. The number of nitrogens with one attached hydrogen (secondary N) is 6. The van der Waals surface area contributed by atoms with Crippen molar-refractivity contribution in [3.05, 3.63) is 77.9 Å². The SMILES string of the molecule is CNC(=O)[C@H](CCCN=C(N)N)NC(=O)[C@H](CCCN=C(N)N)NC(=O)[C@H](CCCN=C(N)N)NC(=O)[C@H](CCCN=C(N)N)NC(=O)c1ccc(Cn2c3ccccc3c3cc(-c4nn[nH]n4)ccc32)cc1. The fourth-order valence-corrected chi connectivity index (χ4v) is 7.91. The third-order valence-electron chi connectivity index (χ3n) is 11.5. The summed E-state index contributed by atoms with van der Waals surface area (Å²) in [5, 5.41) is 30.0. The van der Waals surface area contributed by atoms with Crippen molar-refractivity contribution < 1.29 is 24.0 Å². The largest absolute Gasteiger partial charge is 0.370 e. The van der Waals surface area contributed by atoms with Crippen LogP contribution in [-0.4, -0.2) is 136 Å². The maximum Gasteiger partial charge on any atom is 0.251 e. The predicted octanol–water partition coefficient (Wildman–Crippen LogP) is -2.46. The molecule has 0 radical (unpaired) electrons. The highest BCUT2D eigenvalue weighted by molar-refractivity contribution is 6.09. The third kappa shape index (κ3) is 16.8. The summed E-state index contributed by atoms with van der Waals surface area (Å²) in [7, 11) is 1.42. The standard InChI is InChI=1S/C46H66N22O5/c1-55-39(70)31(9-4-20-56-43(47)48)61-41(72)33(11-6-22-58-45(51)52)63-42(73)34(12-7-23-59-46(53)54)62-40(71)32(10-5-21-57-44(49)50)60-38(69)27-16-14-26(15-17-27)25-68-35-13-3-2-8-29(35)30-24-28(18-19-36(30)68)37-64-66-67-65-37/h2-3,8,13-19,24,31-34H,4-7,9-12,20-23,25H2,1H3,(H,55,70)(H,60,69)(H,61,72)(H,62,71)(H,63,73)(H4,47,48,56)(H4,49,50,57)(H4,51,52,58)(H4,53,54,59)(H,64,65,66,67)/t31-,32-,33-,34-/m0/s1. The number of H-pyrrole nitrogens is 1. The van der Waals surface area contributed by atoms with E-state index in [0.717, 1.165) is 32.9 Å². The number of nitrogens with zero attached hydrogens (tertiary/aromatic N) is 8. The van der Waals surface area contributed by atoms with Crippen LogP contribution in [0.25, 0.3) is 33.2 Å². The molecule has 5 aromatic rings. The van der Waals surface area contributed by atoms with Crippen molar-refractivity contribution in [3.63, 3.8) is 0 Å². The Kier molecular flexibility index (Phi) is 20.6. The number of aliphatic imine (C=N–C) groups is 4. The maximum absolute atomic E-state index is 14.3. The van der Waals surface area contributed by atoms with Crippen molar-refractivity contribution in [1.82, 2.24) is 51.8 Å². The van der Waals surface area contributed by atoms with Gasteiger partial charge < -0.3 is 77.0 Å². The van der Waals surface area contributed by atoms with Crippen LogP contribution in [-0.2, 0) is 25.7 Å². The van der Waals surface area contributed by atoms with Crippen molar-refractivity contribution in [1.29, 1.82) is 0 Å². The summed E-state index contributed by atoms with van der Waals surface area (Å²) in [6.45, 7) is 1.04. The van der Waals surface area contributed by atoms with Crippen molar-refractivity contribution in [2.45, 2.75) is 82.1 Å². The van der Waals surface area contributed by atoms with Crippen LogP contribution in [0.15, 0.2) is 86.7 Å². The predicted molar refractivity (Wildman–Crippen MR) is 279 cm³/mol. The second kappa shape index (κ2) is 27.4. The van der Waals surface area contributed by atoms with Gasteiger partial charge in [-0.2, -0.15) is 5.21 Å². The van der Waals surface area contributed by atoms with Gasteiger partial charge in [-0.05, 0) is 98.5 Å². The zero-order chi connectivity index (χ0) is 52.9. The molecule has 4 atom stereocenters. The molecule has 0 saturated heterocycles. The first-order valence-electron chi connectivity index (χ1n) is 23.5. The van der Waals surface area contributed by atoms with Crippen LogP contribution in [0, 0.1) is 0 Å². The van der Waals surface area contributed by atoms with Crippen LogP contribution < -0.4 is 72.5 Å². The van der Waals surface area contributed by atoms with Gasteiger partial charge in [0.25, 0.3) is 5.91 Å². The topological polar surface area (TPSA) is 462 Å². The number of fused-ring (bicyclic) bond motifs is 3. The Morgan fingerprint density at radius 3 is 1.47 bits per heavy atom. The molecule has 0 aliphatic heterocycles. The summed E-state index contributed by atoms with van der Waals surface area (Å²) in [5.41, 5.74) is 48.1. The lowest BCUT2D eigenvalue weighted by Crippen LogP contribution is -2.58. The number of benzene rings is 3. The minimum Gasteiger partial charge on any atom is -0.370 e. The Morgan fingerprint density at radius 1 is 0.562 bits per heavy atom. The van der Waals surface area contributed by atoms with Gasteiger partial charge in [-0.3, -0.25) is 43.9 Å². The van der Waals surface area contributed by atoms with Crippen LogP contribution in [0.3, 0.4) is 0 Å². The summed E-state index contributed by atoms with van der Waals surface area (Å²) < 4.78 is 2.18. The van der Waals surface area contributed by atoms with Crippen LogP contribution in [0.4, 0.5) is 0 Å². The van der Waals surface area contributed by atoms with E-state index in [4.69, 9.17) is 45.9 Å². The first-order valence-corrected chi connectivity index (χ1v) is 23.5. The number of likely N-dealkylation sites (N-methyl/N-ethyl adjacent to an activating group) is 1. The first-order chi connectivity index (χ1) is 35.0. The summed E-state index contributed by atoms with van der Waals surface area (Å²) in [4.78, 5) is 85.1. The van der Waals surface area contributed by atoms with E-state index in [0.29, 0.717) is 18.8 Å². The molecule has 2 heterocycles. The van der Waals surface area contributed by atoms with Gasteiger partial charge in [0.15, 0.2) is 23.8 Å². The number of hydrogen-bond acceptors (Lipinski definition) is 12. The van der Waals surface area contributed by atoms with Gasteiger partial charge >= 0.3 is 0 Å². The lowest BCUT2D eigenvalue weighted by atomic mass is 10.0. The van der Waals surface area contributed by atoms with Crippen LogP contribution in [0.2, 0.25) is 0 Å². The molecule has 22 N–H and O–H groups in total. The number of carbonyl (C=O) groups excluding carboxylic acids is 5. The molecule has 0 aliphatic carbocycles. The normalized spacial score (nSPS) is 12.6. The molecule has 0 fully saturated rings. The molecule has 5 amide bonds. The number of rotatable bonds is 28. The molecular formula is C46H66N22O5. The summed E-state index contributed by atoms with van der Waals surface area (Å²) in [5.74, 6) is -3.34. The lowest BCUT2D eigenvalue weighted by Gasteiger charge is -2.26. The molecule has 390 valence electrons. The number of aromatic nitrogens is 5. The van der Waals surface area contributed by atoms with Gasteiger partial charge in [0.2, 0.25) is 29.5 Å². The van der Waals surface area contributed by atoms with Gasteiger partial charge in [-0.1, -0.05) is 30.3 Å². The summed E-state index contributed by atoms with van der Waals surface area (Å²) in [6.07, 6.45) is 1.33. The van der Waals surface area contributed by atoms with E-state index in [1.165, 1.54) is 7.05 Å². The number of nitrogens with two attached hydrogens (primary N) is 8. The molecule has 0 unspecified atom stereocenters. The molecule has 3 aromatic carbocycles. The van der Waals surface area contributed by atoms with E-state index in [-0.39, 0.29) is 101 Å². The van der Waals surface area contributed by atoms with Crippen LogP contribution >= 0.6 is 0 Å². The average Bonchev–Trinajstić information content (AvgIpc) is 4.01. The molecule has 0 saturated carbocycles. The van der Waals surface area contributed by atoms with Gasteiger partial charge in [0, 0.05) is 72.7 Å². The van der Waals surface area contributed by atoms with E-state index in [9.17, 15) is 24.0 Å². The fraction of sp³-hybridized carbons (Fsp3) is 0.391. The summed E-state index contributed by atoms with van der Waals surface area (Å²) in [6, 6.07) is 16.3. The number of carbonyl (C=O) groups is 5. The molecule has 0 bridgehead atoms.